The molecule has 2 nitrogen and oxygen atoms in total. The Hall–Kier alpha value is -0.370. The molecule has 2 aliphatic rings. The van der Waals surface area contributed by atoms with E-state index in [9.17, 15) is 4.79 Å². The standard InChI is InChI=1S/C17H30O2/c1-19-16-12-10-14(11-13-16)6-2-3-7-15-8-4-5-9-17(15)18/h14-16H,2-13H2,1H3. The summed E-state index contributed by atoms with van der Waals surface area (Å²) in [5, 5.41) is 0. The van der Waals surface area contributed by atoms with E-state index in [2.05, 4.69) is 0 Å². The quantitative estimate of drug-likeness (QED) is 0.661. The van der Waals surface area contributed by atoms with Crippen LogP contribution in [0.1, 0.15) is 77.0 Å². The fourth-order valence-electron chi connectivity index (χ4n) is 3.84. The van der Waals surface area contributed by atoms with Crippen LogP contribution in [0.15, 0.2) is 0 Å². The van der Waals surface area contributed by atoms with Crippen LogP contribution in [0.2, 0.25) is 0 Å². The number of hydrogen-bond donors (Lipinski definition) is 0. The second kappa shape index (κ2) is 8.04. The monoisotopic (exact) mass is 266 g/mol. The molecule has 1 atom stereocenters. The van der Waals surface area contributed by atoms with Crippen molar-refractivity contribution in [3.8, 4) is 0 Å². The van der Waals surface area contributed by atoms with E-state index in [0.29, 0.717) is 17.8 Å². The average molecular weight is 266 g/mol. The number of rotatable bonds is 6. The van der Waals surface area contributed by atoms with Crippen LogP contribution >= 0.6 is 0 Å². The van der Waals surface area contributed by atoms with Gasteiger partial charge in [0, 0.05) is 19.4 Å². The van der Waals surface area contributed by atoms with Gasteiger partial charge in [-0.25, -0.2) is 0 Å². The summed E-state index contributed by atoms with van der Waals surface area (Å²) in [6.45, 7) is 0. The molecule has 0 aromatic rings. The van der Waals surface area contributed by atoms with Crippen molar-refractivity contribution < 1.29 is 9.53 Å². The Morgan fingerprint density at radius 3 is 2.42 bits per heavy atom. The molecule has 2 fully saturated rings. The number of methoxy groups -OCH3 is 1. The first-order valence-electron chi connectivity index (χ1n) is 8.35. The number of unbranched alkanes of at least 4 members (excludes halogenated alkanes) is 1. The van der Waals surface area contributed by atoms with Crippen molar-refractivity contribution in [3.63, 3.8) is 0 Å². The maximum atomic E-state index is 11.7. The van der Waals surface area contributed by atoms with Crippen LogP contribution in [0.25, 0.3) is 0 Å². The molecule has 0 radical (unpaired) electrons. The predicted molar refractivity (Wildman–Crippen MR) is 78.2 cm³/mol. The summed E-state index contributed by atoms with van der Waals surface area (Å²) >= 11 is 0. The highest BCUT2D eigenvalue weighted by Crippen LogP contribution is 2.31. The Labute approximate surface area is 118 Å². The molecule has 0 aromatic heterocycles. The molecular formula is C17H30O2. The number of ketones is 1. The predicted octanol–water partition coefficient (Wildman–Crippen LogP) is 4.51. The maximum absolute atomic E-state index is 11.7. The number of Topliss-reactive ketones (excluding diaryl/α,β-unsaturated/α-hetero) is 1. The topological polar surface area (TPSA) is 26.3 Å². The molecule has 0 N–H and O–H groups in total. The molecule has 0 bridgehead atoms. The Morgan fingerprint density at radius 1 is 1.00 bits per heavy atom. The van der Waals surface area contributed by atoms with E-state index in [0.717, 1.165) is 31.6 Å². The summed E-state index contributed by atoms with van der Waals surface area (Å²) in [5.41, 5.74) is 0. The Kier molecular flexibility index (Phi) is 6.36. The number of ether oxygens (including phenoxy) is 1. The third-order valence-electron chi connectivity index (χ3n) is 5.22. The van der Waals surface area contributed by atoms with Crippen LogP contribution < -0.4 is 0 Å². The Morgan fingerprint density at radius 2 is 1.74 bits per heavy atom. The molecule has 0 saturated heterocycles. The van der Waals surface area contributed by atoms with Crippen LogP contribution in [-0.4, -0.2) is 19.0 Å². The SMILES string of the molecule is COC1CCC(CCCCC2CCCCC2=O)CC1. The molecule has 2 saturated carbocycles. The van der Waals surface area contributed by atoms with E-state index < -0.39 is 0 Å². The zero-order valence-electron chi connectivity index (χ0n) is 12.5. The lowest BCUT2D eigenvalue weighted by molar-refractivity contribution is -0.124. The second-order valence-electron chi connectivity index (χ2n) is 6.57. The van der Waals surface area contributed by atoms with Crippen LogP contribution in [0.3, 0.4) is 0 Å². The van der Waals surface area contributed by atoms with Gasteiger partial charge in [0.25, 0.3) is 0 Å². The number of hydrogen-bond acceptors (Lipinski definition) is 2. The van der Waals surface area contributed by atoms with Gasteiger partial charge in [-0.2, -0.15) is 0 Å². The lowest BCUT2D eigenvalue weighted by Gasteiger charge is -2.27. The van der Waals surface area contributed by atoms with E-state index >= 15 is 0 Å². The van der Waals surface area contributed by atoms with Gasteiger partial charge in [-0.3, -0.25) is 4.79 Å². The Bertz CT molecular complexity index is 266. The van der Waals surface area contributed by atoms with Crippen molar-refractivity contribution in [3.05, 3.63) is 0 Å². The molecule has 1 unspecified atom stereocenters. The van der Waals surface area contributed by atoms with Crippen molar-refractivity contribution in [1.82, 2.24) is 0 Å². The lowest BCUT2D eigenvalue weighted by Crippen LogP contribution is -2.20. The van der Waals surface area contributed by atoms with E-state index in [4.69, 9.17) is 4.74 Å². The molecule has 2 rings (SSSR count). The zero-order chi connectivity index (χ0) is 13.5. The second-order valence-corrected chi connectivity index (χ2v) is 6.57. The van der Waals surface area contributed by atoms with Gasteiger partial charge in [-0.05, 0) is 50.9 Å². The van der Waals surface area contributed by atoms with E-state index in [1.54, 1.807) is 0 Å². The first-order chi connectivity index (χ1) is 9.29. The van der Waals surface area contributed by atoms with Gasteiger partial charge in [0.2, 0.25) is 0 Å². The average Bonchev–Trinajstić information content (AvgIpc) is 2.46. The molecule has 0 spiro atoms. The Balaban J connectivity index is 1.53. The van der Waals surface area contributed by atoms with Crippen molar-refractivity contribution >= 4 is 5.78 Å². The number of carbonyl (C=O) groups excluding carboxylic acids is 1. The molecule has 0 aromatic carbocycles. The highest BCUT2D eigenvalue weighted by atomic mass is 16.5. The van der Waals surface area contributed by atoms with Gasteiger partial charge in [-0.15, -0.1) is 0 Å². The van der Waals surface area contributed by atoms with E-state index in [1.165, 1.54) is 51.4 Å². The van der Waals surface area contributed by atoms with Gasteiger partial charge in [0.15, 0.2) is 0 Å². The normalized spacial score (nSPS) is 32.5. The fraction of sp³-hybridized carbons (Fsp3) is 0.941. The van der Waals surface area contributed by atoms with Crippen molar-refractivity contribution in [2.45, 2.75) is 83.2 Å². The summed E-state index contributed by atoms with van der Waals surface area (Å²) in [5.74, 6) is 1.89. The zero-order valence-corrected chi connectivity index (χ0v) is 12.5. The summed E-state index contributed by atoms with van der Waals surface area (Å²) in [7, 11) is 1.84. The highest BCUT2D eigenvalue weighted by molar-refractivity contribution is 5.81. The first kappa shape index (κ1) is 15.0. The van der Waals surface area contributed by atoms with Crippen molar-refractivity contribution in [2.75, 3.05) is 7.11 Å². The van der Waals surface area contributed by atoms with Crippen molar-refractivity contribution in [2.24, 2.45) is 11.8 Å². The van der Waals surface area contributed by atoms with Gasteiger partial charge in [-0.1, -0.05) is 25.7 Å². The number of carbonyl (C=O) groups is 1. The van der Waals surface area contributed by atoms with Gasteiger partial charge in [0.1, 0.15) is 5.78 Å². The van der Waals surface area contributed by atoms with Crippen LogP contribution in [0.4, 0.5) is 0 Å². The first-order valence-corrected chi connectivity index (χ1v) is 8.35. The molecule has 2 heteroatoms. The highest BCUT2D eigenvalue weighted by Gasteiger charge is 2.22. The molecule has 0 aliphatic heterocycles. The summed E-state index contributed by atoms with van der Waals surface area (Å²) < 4.78 is 5.42. The minimum atomic E-state index is 0.415. The maximum Gasteiger partial charge on any atom is 0.135 e. The molecule has 0 heterocycles. The fourth-order valence-corrected chi connectivity index (χ4v) is 3.84. The smallest absolute Gasteiger partial charge is 0.135 e. The van der Waals surface area contributed by atoms with Crippen LogP contribution in [-0.2, 0) is 9.53 Å². The molecular weight excluding hydrogens is 236 g/mol. The molecule has 2 aliphatic carbocycles. The van der Waals surface area contributed by atoms with Crippen LogP contribution in [0, 0.1) is 11.8 Å². The molecule has 110 valence electrons. The van der Waals surface area contributed by atoms with Gasteiger partial charge in [0.05, 0.1) is 6.10 Å². The third kappa shape index (κ3) is 4.91. The summed E-state index contributed by atoms with van der Waals surface area (Å²) in [4.78, 5) is 11.7. The molecule has 19 heavy (non-hydrogen) atoms. The van der Waals surface area contributed by atoms with E-state index in [1.807, 2.05) is 7.11 Å². The lowest BCUT2D eigenvalue weighted by atomic mass is 9.82. The van der Waals surface area contributed by atoms with Crippen LogP contribution in [0.5, 0.6) is 0 Å². The third-order valence-corrected chi connectivity index (χ3v) is 5.22. The van der Waals surface area contributed by atoms with Crippen molar-refractivity contribution in [1.29, 1.82) is 0 Å². The largest absolute Gasteiger partial charge is 0.381 e. The molecule has 0 amide bonds. The van der Waals surface area contributed by atoms with E-state index in [-0.39, 0.29) is 0 Å². The summed E-state index contributed by atoms with van der Waals surface area (Å²) in [6.07, 6.45) is 15.3. The van der Waals surface area contributed by atoms with Gasteiger partial charge < -0.3 is 4.74 Å². The minimum absolute atomic E-state index is 0.415. The summed E-state index contributed by atoms with van der Waals surface area (Å²) in [6, 6.07) is 0. The van der Waals surface area contributed by atoms with Gasteiger partial charge >= 0.3 is 0 Å². The minimum Gasteiger partial charge on any atom is -0.381 e.